The number of nitrogens with zero attached hydrogens (tertiary/aromatic N) is 1. The number of benzene rings is 1. The minimum Gasteiger partial charge on any atom is -0.349 e. The normalized spacial score (nSPS) is 29.2. The quantitative estimate of drug-likeness (QED) is 0.885. The molecule has 1 N–H and O–H groups in total. The van der Waals surface area contributed by atoms with Crippen molar-refractivity contribution >= 4 is 21.8 Å². The molecule has 2 aliphatic rings. The molecule has 1 aromatic carbocycles. The Balaban J connectivity index is 1.68. The average Bonchev–Trinajstić information content (AvgIpc) is 2.39. The molecule has 0 radical (unpaired) electrons. The van der Waals surface area contributed by atoms with Crippen molar-refractivity contribution in [3.8, 4) is 0 Å². The lowest BCUT2D eigenvalue weighted by Gasteiger charge is -2.47. The lowest BCUT2D eigenvalue weighted by molar-refractivity contribution is 0.0463. The van der Waals surface area contributed by atoms with Crippen molar-refractivity contribution in [2.45, 2.75) is 57.2 Å². The van der Waals surface area contributed by atoms with E-state index in [1.54, 1.807) is 0 Å². The number of fused-ring (bicyclic) bond motifs is 2. The second kappa shape index (κ2) is 6.09. The zero-order chi connectivity index (χ0) is 15.0. The van der Waals surface area contributed by atoms with E-state index in [0.717, 1.165) is 28.4 Å². The minimum absolute atomic E-state index is 0.0505. The first-order valence-corrected chi connectivity index (χ1v) is 8.63. The number of carbonyl (C=O) groups excluding carboxylic acids is 1. The van der Waals surface area contributed by atoms with Gasteiger partial charge in [0.2, 0.25) is 0 Å². The van der Waals surface area contributed by atoms with Crippen LogP contribution in [0.5, 0.6) is 0 Å². The van der Waals surface area contributed by atoms with Gasteiger partial charge in [-0.15, -0.1) is 0 Å². The van der Waals surface area contributed by atoms with Crippen LogP contribution in [-0.4, -0.2) is 36.0 Å². The van der Waals surface area contributed by atoms with E-state index in [0.29, 0.717) is 18.1 Å². The van der Waals surface area contributed by atoms with Gasteiger partial charge in [-0.3, -0.25) is 4.79 Å². The highest BCUT2D eigenvalue weighted by atomic mass is 79.9. The molecule has 2 unspecified atom stereocenters. The van der Waals surface area contributed by atoms with Crippen molar-refractivity contribution in [1.82, 2.24) is 10.2 Å². The predicted molar refractivity (Wildman–Crippen MR) is 88.6 cm³/mol. The first kappa shape index (κ1) is 15.0. The minimum atomic E-state index is 0.0505. The highest BCUT2D eigenvalue weighted by Gasteiger charge is 2.36. The van der Waals surface area contributed by atoms with Gasteiger partial charge in [0.05, 0.1) is 5.56 Å². The van der Waals surface area contributed by atoms with Gasteiger partial charge in [-0.25, -0.2) is 0 Å². The van der Waals surface area contributed by atoms with Crippen LogP contribution in [-0.2, 0) is 0 Å². The number of halogens is 1. The molecule has 21 heavy (non-hydrogen) atoms. The standard InChI is InChI=1S/C17H23BrN2O/c1-11-6-7-15(16(18)8-11)17(21)19-12-9-13-4-3-5-14(10-12)20(13)2/h6-8,12-14H,3-5,9-10H2,1-2H3,(H,19,21). The molecular formula is C17H23BrN2O. The van der Waals surface area contributed by atoms with Crippen LogP contribution in [0, 0.1) is 6.92 Å². The van der Waals surface area contributed by atoms with Crippen molar-refractivity contribution in [1.29, 1.82) is 0 Å². The third-order valence-corrected chi connectivity index (χ3v) is 5.70. The Morgan fingerprint density at radius 2 is 1.95 bits per heavy atom. The fourth-order valence-corrected chi connectivity index (χ4v) is 4.47. The Morgan fingerprint density at radius 1 is 1.29 bits per heavy atom. The third-order valence-electron chi connectivity index (χ3n) is 5.04. The number of nitrogens with one attached hydrogen (secondary N) is 1. The highest BCUT2D eigenvalue weighted by Crippen LogP contribution is 2.32. The van der Waals surface area contributed by atoms with Crippen molar-refractivity contribution in [2.24, 2.45) is 0 Å². The van der Waals surface area contributed by atoms with E-state index in [1.165, 1.54) is 19.3 Å². The summed E-state index contributed by atoms with van der Waals surface area (Å²) >= 11 is 3.50. The Morgan fingerprint density at radius 3 is 2.57 bits per heavy atom. The molecule has 0 saturated carbocycles. The molecule has 2 atom stereocenters. The number of rotatable bonds is 2. The van der Waals surface area contributed by atoms with Crippen LogP contribution in [0.25, 0.3) is 0 Å². The van der Waals surface area contributed by atoms with Crippen LogP contribution in [0.4, 0.5) is 0 Å². The zero-order valence-electron chi connectivity index (χ0n) is 12.7. The molecule has 2 saturated heterocycles. The van der Waals surface area contributed by atoms with Crippen molar-refractivity contribution in [2.75, 3.05) is 7.05 Å². The first-order valence-electron chi connectivity index (χ1n) is 7.83. The smallest absolute Gasteiger partial charge is 0.252 e. The van der Waals surface area contributed by atoms with E-state index in [2.05, 4.69) is 33.2 Å². The summed E-state index contributed by atoms with van der Waals surface area (Å²) in [6, 6.07) is 7.50. The predicted octanol–water partition coefficient (Wildman–Crippen LogP) is 3.50. The van der Waals surface area contributed by atoms with Gasteiger partial charge >= 0.3 is 0 Å². The lowest BCUT2D eigenvalue weighted by atomic mass is 9.82. The van der Waals surface area contributed by atoms with Crippen molar-refractivity contribution < 1.29 is 4.79 Å². The van der Waals surface area contributed by atoms with Crippen LogP contribution < -0.4 is 5.32 Å². The maximum Gasteiger partial charge on any atom is 0.252 e. The van der Waals surface area contributed by atoms with Gasteiger partial charge in [-0.05, 0) is 73.3 Å². The van der Waals surface area contributed by atoms with Gasteiger partial charge in [-0.2, -0.15) is 0 Å². The fraction of sp³-hybridized carbons (Fsp3) is 0.588. The Hall–Kier alpha value is -0.870. The first-order chi connectivity index (χ1) is 10.0. The summed E-state index contributed by atoms with van der Waals surface area (Å²) in [6.45, 7) is 2.03. The highest BCUT2D eigenvalue weighted by molar-refractivity contribution is 9.10. The van der Waals surface area contributed by atoms with Crippen LogP contribution in [0.3, 0.4) is 0 Å². The maximum atomic E-state index is 12.5. The van der Waals surface area contributed by atoms with Crippen molar-refractivity contribution in [3.63, 3.8) is 0 Å². The molecule has 0 spiro atoms. The van der Waals surface area contributed by atoms with Gasteiger partial charge < -0.3 is 10.2 Å². The molecule has 2 aliphatic heterocycles. The largest absolute Gasteiger partial charge is 0.349 e. The van der Waals surface area contributed by atoms with E-state index >= 15 is 0 Å². The monoisotopic (exact) mass is 350 g/mol. The van der Waals surface area contributed by atoms with Gasteiger partial charge in [0.15, 0.2) is 0 Å². The van der Waals surface area contributed by atoms with Gasteiger partial charge in [0, 0.05) is 22.6 Å². The summed E-state index contributed by atoms with van der Waals surface area (Å²) in [5.74, 6) is 0.0505. The van der Waals surface area contributed by atoms with E-state index < -0.39 is 0 Å². The summed E-state index contributed by atoms with van der Waals surface area (Å²) in [5.41, 5.74) is 1.90. The summed E-state index contributed by atoms with van der Waals surface area (Å²) in [5, 5.41) is 3.25. The molecule has 1 aromatic rings. The molecule has 4 heteroatoms. The molecular weight excluding hydrogens is 328 g/mol. The second-order valence-corrected chi connectivity index (χ2v) is 7.38. The van der Waals surface area contributed by atoms with Crippen LogP contribution in [0.15, 0.2) is 22.7 Å². The topological polar surface area (TPSA) is 32.3 Å². The molecule has 2 bridgehead atoms. The Labute approximate surface area is 135 Å². The molecule has 2 heterocycles. The molecule has 1 amide bonds. The average molecular weight is 351 g/mol. The van der Waals surface area contributed by atoms with Gasteiger partial charge in [0.25, 0.3) is 5.91 Å². The van der Waals surface area contributed by atoms with Crippen molar-refractivity contribution in [3.05, 3.63) is 33.8 Å². The van der Waals surface area contributed by atoms with E-state index in [1.807, 2.05) is 25.1 Å². The maximum absolute atomic E-state index is 12.5. The number of hydrogen-bond donors (Lipinski definition) is 1. The molecule has 0 aliphatic carbocycles. The Bertz CT molecular complexity index is 532. The van der Waals surface area contributed by atoms with Gasteiger partial charge in [-0.1, -0.05) is 12.5 Å². The molecule has 0 aromatic heterocycles. The SMILES string of the molecule is Cc1ccc(C(=O)NC2CC3CCCC(C2)N3C)c(Br)c1. The second-order valence-electron chi connectivity index (χ2n) is 6.53. The molecule has 2 fully saturated rings. The number of amides is 1. The summed E-state index contributed by atoms with van der Waals surface area (Å²) in [6.07, 6.45) is 6.05. The van der Waals surface area contributed by atoms with Crippen LogP contribution in [0.2, 0.25) is 0 Å². The molecule has 3 nitrogen and oxygen atoms in total. The summed E-state index contributed by atoms with van der Waals surface area (Å²) < 4.78 is 0.883. The van der Waals surface area contributed by atoms with E-state index in [4.69, 9.17) is 0 Å². The number of aryl methyl sites for hydroxylation is 1. The summed E-state index contributed by atoms with van der Waals surface area (Å²) in [4.78, 5) is 15.0. The zero-order valence-corrected chi connectivity index (χ0v) is 14.3. The van der Waals surface area contributed by atoms with Crippen LogP contribution >= 0.6 is 15.9 Å². The number of hydrogen-bond acceptors (Lipinski definition) is 2. The summed E-state index contributed by atoms with van der Waals surface area (Å²) in [7, 11) is 2.24. The molecule has 3 rings (SSSR count). The number of carbonyl (C=O) groups is 1. The van der Waals surface area contributed by atoms with Gasteiger partial charge in [0.1, 0.15) is 0 Å². The fourth-order valence-electron chi connectivity index (χ4n) is 3.80. The molecule has 114 valence electrons. The lowest BCUT2D eigenvalue weighted by Crippen LogP contribution is -2.55. The number of piperidine rings is 2. The third kappa shape index (κ3) is 3.16. The van der Waals surface area contributed by atoms with E-state index in [9.17, 15) is 4.79 Å². The van der Waals surface area contributed by atoms with Crippen LogP contribution in [0.1, 0.15) is 48.0 Å². The Kier molecular flexibility index (Phi) is 4.36. The van der Waals surface area contributed by atoms with E-state index in [-0.39, 0.29) is 5.91 Å².